The molecule has 3 nitrogen and oxygen atoms in total. The second-order valence-corrected chi connectivity index (χ2v) is 6.01. The highest BCUT2D eigenvalue weighted by molar-refractivity contribution is 6.09. The number of piperidine rings is 1. The van der Waals surface area contributed by atoms with Crippen LogP contribution in [0.15, 0.2) is 54.6 Å². The van der Waals surface area contributed by atoms with Crippen molar-refractivity contribution >= 4 is 18.2 Å². The lowest BCUT2D eigenvalue weighted by molar-refractivity contribution is 0.103. The van der Waals surface area contributed by atoms with Crippen LogP contribution in [0.2, 0.25) is 0 Å². The fraction of sp³-hybridized carbons (Fsp3) is 0.350. The predicted molar refractivity (Wildman–Crippen MR) is 99.3 cm³/mol. The smallest absolute Gasteiger partial charge is 0.193 e. The molecule has 0 bridgehead atoms. The van der Waals surface area contributed by atoms with Crippen LogP contribution in [0.5, 0.6) is 5.75 Å². The molecule has 0 amide bonds. The summed E-state index contributed by atoms with van der Waals surface area (Å²) < 4.78 is 5.84. The first-order chi connectivity index (χ1) is 11.3. The van der Waals surface area contributed by atoms with Crippen LogP contribution in [-0.4, -0.2) is 25.0 Å². The van der Waals surface area contributed by atoms with Gasteiger partial charge in [-0.05, 0) is 37.9 Å². The molecule has 1 aliphatic heterocycles. The molecule has 4 heteroatoms. The highest BCUT2D eigenvalue weighted by atomic mass is 35.5. The first-order valence-electron chi connectivity index (χ1n) is 8.39. The molecule has 0 aromatic heterocycles. The minimum Gasteiger partial charge on any atom is -0.494 e. The third-order valence-corrected chi connectivity index (χ3v) is 4.28. The van der Waals surface area contributed by atoms with Gasteiger partial charge < -0.3 is 10.1 Å². The number of nitrogens with one attached hydrogen (secondary N) is 1. The molecule has 2 aromatic carbocycles. The fourth-order valence-electron chi connectivity index (χ4n) is 2.97. The maximum absolute atomic E-state index is 12.5. The van der Waals surface area contributed by atoms with Crippen molar-refractivity contribution in [2.24, 2.45) is 0 Å². The first kappa shape index (κ1) is 18.5. The highest BCUT2D eigenvalue weighted by Crippen LogP contribution is 2.18. The monoisotopic (exact) mass is 345 g/mol. The van der Waals surface area contributed by atoms with Gasteiger partial charge in [-0.3, -0.25) is 4.79 Å². The third-order valence-electron chi connectivity index (χ3n) is 4.28. The molecule has 0 spiro atoms. The molecule has 0 saturated carbocycles. The number of carbonyl (C=O) groups is 1. The Morgan fingerprint density at radius 1 is 1.04 bits per heavy atom. The Hall–Kier alpha value is -1.84. The van der Waals surface area contributed by atoms with Crippen molar-refractivity contribution in [3.05, 3.63) is 65.7 Å². The van der Waals surface area contributed by atoms with Crippen LogP contribution >= 0.6 is 12.4 Å². The van der Waals surface area contributed by atoms with E-state index in [1.54, 1.807) is 0 Å². The van der Waals surface area contributed by atoms with E-state index in [4.69, 9.17) is 4.74 Å². The topological polar surface area (TPSA) is 38.3 Å². The molecule has 2 aromatic rings. The second kappa shape index (κ2) is 9.45. The molecule has 1 atom stereocenters. The standard InChI is InChI=1S/C20H23NO2.ClH/c22-20(16-7-2-1-3-8-16)17-9-6-11-19(15-17)23-14-12-18-10-4-5-13-21-18;/h1-3,6-9,11,15,18,21H,4-5,10,12-14H2;1H. The van der Waals surface area contributed by atoms with E-state index in [0.717, 1.165) is 18.7 Å². The van der Waals surface area contributed by atoms with Gasteiger partial charge in [-0.15, -0.1) is 12.4 Å². The molecular weight excluding hydrogens is 322 g/mol. The minimum atomic E-state index is 0. The molecule has 1 N–H and O–H groups in total. The van der Waals surface area contributed by atoms with Crippen LogP contribution < -0.4 is 10.1 Å². The van der Waals surface area contributed by atoms with E-state index in [0.29, 0.717) is 23.8 Å². The average Bonchev–Trinajstić information content (AvgIpc) is 2.63. The molecule has 0 radical (unpaired) electrons. The fourth-order valence-corrected chi connectivity index (χ4v) is 2.97. The van der Waals surface area contributed by atoms with Crippen LogP contribution in [0.25, 0.3) is 0 Å². The molecule has 1 fully saturated rings. The average molecular weight is 346 g/mol. The highest BCUT2D eigenvalue weighted by Gasteiger charge is 2.13. The maximum atomic E-state index is 12.5. The van der Waals surface area contributed by atoms with Gasteiger partial charge in [0.2, 0.25) is 0 Å². The Kier molecular flexibility index (Phi) is 7.29. The maximum Gasteiger partial charge on any atom is 0.193 e. The molecule has 128 valence electrons. The summed E-state index contributed by atoms with van der Waals surface area (Å²) in [6.45, 7) is 1.80. The van der Waals surface area contributed by atoms with Crippen molar-refractivity contribution in [1.82, 2.24) is 5.32 Å². The summed E-state index contributed by atoms with van der Waals surface area (Å²) in [4.78, 5) is 12.5. The summed E-state index contributed by atoms with van der Waals surface area (Å²) in [6.07, 6.45) is 4.83. The number of hydrogen-bond donors (Lipinski definition) is 1. The van der Waals surface area contributed by atoms with Gasteiger partial charge >= 0.3 is 0 Å². The molecule has 1 saturated heterocycles. The zero-order valence-corrected chi connectivity index (χ0v) is 14.6. The van der Waals surface area contributed by atoms with E-state index >= 15 is 0 Å². The summed E-state index contributed by atoms with van der Waals surface area (Å²) in [6, 6.07) is 17.4. The minimum absolute atomic E-state index is 0. The normalized spacial score (nSPS) is 16.9. The van der Waals surface area contributed by atoms with Gasteiger partial charge in [0.05, 0.1) is 6.61 Å². The second-order valence-electron chi connectivity index (χ2n) is 6.01. The SMILES string of the molecule is Cl.O=C(c1ccccc1)c1cccc(OCCC2CCCCN2)c1. The van der Waals surface area contributed by atoms with Crippen molar-refractivity contribution < 1.29 is 9.53 Å². The lowest BCUT2D eigenvalue weighted by atomic mass is 10.0. The van der Waals surface area contributed by atoms with E-state index in [1.165, 1.54) is 19.3 Å². The Bertz CT molecular complexity index is 639. The van der Waals surface area contributed by atoms with Crippen molar-refractivity contribution in [3.8, 4) is 5.75 Å². The van der Waals surface area contributed by atoms with E-state index in [2.05, 4.69) is 5.32 Å². The Balaban J connectivity index is 0.00000208. The number of benzene rings is 2. The molecule has 24 heavy (non-hydrogen) atoms. The first-order valence-corrected chi connectivity index (χ1v) is 8.39. The van der Waals surface area contributed by atoms with Crippen LogP contribution in [-0.2, 0) is 0 Å². The lowest BCUT2D eigenvalue weighted by Gasteiger charge is -2.23. The number of carbonyl (C=O) groups excluding carboxylic acids is 1. The van der Waals surface area contributed by atoms with Crippen molar-refractivity contribution in [1.29, 1.82) is 0 Å². The molecule has 1 aliphatic rings. The lowest BCUT2D eigenvalue weighted by Crippen LogP contribution is -2.35. The van der Waals surface area contributed by atoms with E-state index < -0.39 is 0 Å². The summed E-state index contributed by atoms with van der Waals surface area (Å²) >= 11 is 0. The zero-order chi connectivity index (χ0) is 15.9. The summed E-state index contributed by atoms with van der Waals surface area (Å²) in [5.74, 6) is 0.799. The van der Waals surface area contributed by atoms with Crippen molar-refractivity contribution in [2.75, 3.05) is 13.2 Å². The molecule has 3 rings (SSSR count). The number of ketones is 1. The number of ether oxygens (including phenoxy) is 1. The van der Waals surface area contributed by atoms with E-state index in [1.807, 2.05) is 54.6 Å². The van der Waals surface area contributed by atoms with Crippen LogP contribution in [0.3, 0.4) is 0 Å². The number of hydrogen-bond acceptors (Lipinski definition) is 3. The molecule has 0 aliphatic carbocycles. The van der Waals surface area contributed by atoms with Crippen molar-refractivity contribution in [2.45, 2.75) is 31.7 Å². The third kappa shape index (κ3) is 5.08. The van der Waals surface area contributed by atoms with Crippen molar-refractivity contribution in [3.63, 3.8) is 0 Å². The molecule has 1 heterocycles. The molecular formula is C20H24ClNO2. The zero-order valence-electron chi connectivity index (χ0n) is 13.7. The Morgan fingerprint density at radius 2 is 1.83 bits per heavy atom. The number of halogens is 1. The van der Waals surface area contributed by atoms with Gasteiger partial charge in [0, 0.05) is 17.2 Å². The Labute approximate surface area is 149 Å². The largest absolute Gasteiger partial charge is 0.494 e. The number of rotatable bonds is 6. The van der Waals surface area contributed by atoms with Gasteiger partial charge in [-0.1, -0.05) is 48.9 Å². The Morgan fingerprint density at radius 3 is 2.58 bits per heavy atom. The summed E-state index contributed by atoms with van der Waals surface area (Å²) in [5.41, 5.74) is 1.38. The van der Waals surface area contributed by atoms with Gasteiger partial charge in [0.25, 0.3) is 0 Å². The van der Waals surface area contributed by atoms with Crippen LogP contribution in [0, 0.1) is 0 Å². The van der Waals surface area contributed by atoms with Gasteiger partial charge in [0.15, 0.2) is 5.78 Å². The van der Waals surface area contributed by atoms with Gasteiger partial charge in [0.1, 0.15) is 5.75 Å². The van der Waals surface area contributed by atoms with E-state index in [-0.39, 0.29) is 18.2 Å². The van der Waals surface area contributed by atoms with Crippen LogP contribution in [0.1, 0.15) is 41.6 Å². The van der Waals surface area contributed by atoms with E-state index in [9.17, 15) is 4.79 Å². The van der Waals surface area contributed by atoms with Crippen LogP contribution in [0.4, 0.5) is 0 Å². The van der Waals surface area contributed by atoms with Gasteiger partial charge in [-0.2, -0.15) is 0 Å². The quantitative estimate of drug-likeness (QED) is 0.795. The molecule has 1 unspecified atom stereocenters. The summed E-state index contributed by atoms with van der Waals surface area (Å²) in [5, 5.41) is 3.52. The summed E-state index contributed by atoms with van der Waals surface area (Å²) in [7, 11) is 0. The van der Waals surface area contributed by atoms with Gasteiger partial charge in [-0.25, -0.2) is 0 Å². The predicted octanol–water partition coefficient (Wildman–Crippen LogP) is 4.25.